The van der Waals surface area contributed by atoms with Crippen molar-refractivity contribution in [1.82, 2.24) is 5.32 Å². The molecule has 152 valence electrons. The maximum Gasteiger partial charge on any atom is 0.234 e. The second kappa shape index (κ2) is 10.6. The smallest absolute Gasteiger partial charge is 0.234 e. The Kier molecular flexibility index (Phi) is 8.14. The van der Waals surface area contributed by atoms with Gasteiger partial charge in [0, 0.05) is 18.2 Å². The summed E-state index contributed by atoms with van der Waals surface area (Å²) in [7, 11) is 3.26. The Hall–Kier alpha value is -2.73. The average molecular weight is 386 g/mol. The first-order chi connectivity index (χ1) is 13.5. The van der Waals surface area contributed by atoms with E-state index in [9.17, 15) is 4.79 Å². The summed E-state index contributed by atoms with van der Waals surface area (Å²) in [4.78, 5) is 11.7. The molecule has 0 bridgehead atoms. The van der Waals surface area contributed by atoms with Crippen molar-refractivity contribution in [1.29, 1.82) is 0 Å². The van der Waals surface area contributed by atoms with Crippen LogP contribution in [0.25, 0.3) is 0 Å². The minimum absolute atomic E-state index is 0.161. The van der Waals surface area contributed by atoms with Crippen LogP contribution in [0.1, 0.15) is 31.4 Å². The predicted molar refractivity (Wildman–Crippen MR) is 110 cm³/mol. The van der Waals surface area contributed by atoms with E-state index in [4.69, 9.17) is 19.9 Å². The normalized spacial score (nSPS) is 12.9. The molecular formula is C22H30N2O4. The number of ether oxygens (including phenoxy) is 3. The largest absolute Gasteiger partial charge is 0.497 e. The maximum absolute atomic E-state index is 11.7. The van der Waals surface area contributed by atoms with Gasteiger partial charge in [0.05, 0.1) is 20.3 Å². The molecule has 2 aromatic carbocycles. The van der Waals surface area contributed by atoms with Crippen LogP contribution in [0.2, 0.25) is 0 Å². The van der Waals surface area contributed by atoms with Crippen molar-refractivity contribution in [2.24, 2.45) is 11.7 Å². The van der Waals surface area contributed by atoms with Crippen LogP contribution < -0.4 is 25.3 Å². The molecule has 1 amide bonds. The number of nitrogens with two attached hydrogens (primary N) is 1. The molecule has 0 heterocycles. The summed E-state index contributed by atoms with van der Waals surface area (Å²) in [5.74, 6) is 2.02. The molecule has 2 aromatic rings. The number of carbonyl (C=O) groups excluding carboxylic acids is 1. The summed E-state index contributed by atoms with van der Waals surface area (Å²) in [6.45, 7) is 4.96. The lowest BCUT2D eigenvalue weighted by atomic mass is 9.98. The molecule has 0 saturated carbocycles. The van der Waals surface area contributed by atoms with E-state index in [0.717, 1.165) is 23.3 Å². The molecule has 0 aromatic heterocycles. The molecule has 0 radical (unpaired) electrons. The third-order valence-corrected chi connectivity index (χ3v) is 4.83. The second-order valence-electron chi connectivity index (χ2n) is 6.76. The van der Waals surface area contributed by atoms with Crippen molar-refractivity contribution in [3.8, 4) is 17.2 Å². The van der Waals surface area contributed by atoms with E-state index in [0.29, 0.717) is 24.7 Å². The Morgan fingerprint density at radius 1 is 1.11 bits per heavy atom. The fraction of sp³-hybridized carbons (Fsp3) is 0.409. The zero-order valence-corrected chi connectivity index (χ0v) is 17.0. The second-order valence-corrected chi connectivity index (χ2v) is 6.76. The Bertz CT molecular complexity index is 779. The third kappa shape index (κ3) is 5.89. The first kappa shape index (κ1) is 21.6. The van der Waals surface area contributed by atoms with Crippen molar-refractivity contribution in [2.45, 2.75) is 39.5 Å². The molecule has 6 heteroatoms. The monoisotopic (exact) mass is 386 g/mol. The zero-order chi connectivity index (χ0) is 20.5. The zero-order valence-electron chi connectivity index (χ0n) is 17.0. The lowest BCUT2D eigenvalue weighted by Gasteiger charge is -2.22. The molecular weight excluding hydrogens is 356 g/mol. The summed E-state index contributed by atoms with van der Waals surface area (Å²) in [6.07, 6.45) is 0.870. The Morgan fingerprint density at radius 3 is 2.54 bits per heavy atom. The highest BCUT2D eigenvalue weighted by Crippen LogP contribution is 2.26. The molecule has 0 saturated heterocycles. The van der Waals surface area contributed by atoms with Gasteiger partial charge in [-0.3, -0.25) is 4.79 Å². The Labute approximate surface area is 167 Å². The van der Waals surface area contributed by atoms with Gasteiger partial charge in [-0.05, 0) is 29.7 Å². The highest BCUT2D eigenvalue weighted by atomic mass is 16.5. The summed E-state index contributed by atoms with van der Waals surface area (Å²) >= 11 is 0. The number of rotatable bonds is 11. The van der Waals surface area contributed by atoms with Crippen LogP contribution in [0.3, 0.4) is 0 Å². The number of hydrogen-bond acceptors (Lipinski definition) is 5. The van der Waals surface area contributed by atoms with Crippen LogP contribution in [-0.2, 0) is 17.9 Å². The van der Waals surface area contributed by atoms with Crippen LogP contribution in [0, 0.1) is 5.92 Å². The van der Waals surface area contributed by atoms with Gasteiger partial charge in [0.25, 0.3) is 0 Å². The van der Waals surface area contributed by atoms with Gasteiger partial charge in [0.2, 0.25) is 5.91 Å². The Balaban J connectivity index is 2.03. The highest BCUT2D eigenvalue weighted by molar-refractivity contribution is 5.80. The minimum Gasteiger partial charge on any atom is -0.497 e. The Morgan fingerprint density at radius 2 is 1.89 bits per heavy atom. The van der Waals surface area contributed by atoms with Gasteiger partial charge in [0.1, 0.15) is 23.9 Å². The molecule has 0 fully saturated rings. The van der Waals surface area contributed by atoms with Crippen LogP contribution in [0.5, 0.6) is 17.2 Å². The minimum atomic E-state index is -0.376. The molecule has 2 atom stereocenters. The van der Waals surface area contributed by atoms with E-state index >= 15 is 0 Å². The summed E-state index contributed by atoms with van der Waals surface area (Å²) in [6, 6.07) is 13.0. The molecule has 0 aliphatic rings. The fourth-order valence-electron chi connectivity index (χ4n) is 2.93. The lowest BCUT2D eigenvalue weighted by Crippen LogP contribution is -2.45. The highest BCUT2D eigenvalue weighted by Gasteiger charge is 2.21. The molecule has 6 nitrogen and oxygen atoms in total. The van der Waals surface area contributed by atoms with Gasteiger partial charge in [-0.25, -0.2) is 0 Å². The van der Waals surface area contributed by atoms with E-state index in [-0.39, 0.29) is 17.9 Å². The quantitative estimate of drug-likeness (QED) is 0.619. The van der Waals surface area contributed by atoms with Gasteiger partial charge < -0.3 is 25.3 Å². The standard InChI is InChI=1S/C22H30N2O4/c1-5-15(2)21(22(23)25)24-13-17-9-10-19(12-20(17)27-4)28-14-16-7-6-8-18(11-16)26-3/h6-12,15,21,24H,5,13-14H2,1-4H3,(H2,23,25)/t15-,21-/m0/s1. The van der Waals surface area contributed by atoms with E-state index in [1.807, 2.05) is 56.3 Å². The number of primary amides is 1. The van der Waals surface area contributed by atoms with Gasteiger partial charge in [-0.2, -0.15) is 0 Å². The van der Waals surface area contributed by atoms with Crippen molar-refractivity contribution in [3.63, 3.8) is 0 Å². The van der Waals surface area contributed by atoms with Gasteiger partial charge in [0.15, 0.2) is 0 Å². The molecule has 0 aliphatic carbocycles. The molecule has 0 unspecified atom stereocenters. The molecule has 28 heavy (non-hydrogen) atoms. The third-order valence-electron chi connectivity index (χ3n) is 4.83. The summed E-state index contributed by atoms with van der Waals surface area (Å²) in [5, 5.41) is 3.24. The van der Waals surface area contributed by atoms with Crippen LogP contribution in [0.4, 0.5) is 0 Å². The lowest BCUT2D eigenvalue weighted by molar-refractivity contribution is -0.121. The first-order valence-electron chi connectivity index (χ1n) is 9.43. The maximum atomic E-state index is 11.7. The SMILES string of the molecule is CC[C@H](C)[C@H](NCc1ccc(OCc2cccc(OC)c2)cc1OC)C(N)=O. The van der Waals surface area contributed by atoms with Crippen molar-refractivity contribution in [2.75, 3.05) is 14.2 Å². The number of benzene rings is 2. The van der Waals surface area contributed by atoms with Gasteiger partial charge >= 0.3 is 0 Å². The van der Waals surface area contributed by atoms with Crippen molar-refractivity contribution < 1.29 is 19.0 Å². The molecule has 2 rings (SSSR count). The van der Waals surface area contributed by atoms with Gasteiger partial charge in [-0.15, -0.1) is 0 Å². The van der Waals surface area contributed by atoms with Crippen molar-refractivity contribution in [3.05, 3.63) is 53.6 Å². The summed E-state index contributed by atoms with van der Waals surface area (Å²) in [5.41, 5.74) is 7.48. The molecule has 0 aliphatic heterocycles. The van der Waals surface area contributed by atoms with Crippen LogP contribution >= 0.6 is 0 Å². The topological polar surface area (TPSA) is 82.8 Å². The summed E-state index contributed by atoms with van der Waals surface area (Å²) < 4.78 is 16.6. The van der Waals surface area contributed by atoms with E-state index < -0.39 is 0 Å². The van der Waals surface area contributed by atoms with E-state index in [1.165, 1.54) is 0 Å². The number of methoxy groups -OCH3 is 2. The number of nitrogens with one attached hydrogen (secondary N) is 1. The number of carbonyl (C=O) groups is 1. The average Bonchev–Trinajstić information content (AvgIpc) is 2.72. The van der Waals surface area contributed by atoms with E-state index in [2.05, 4.69) is 5.32 Å². The molecule has 0 spiro atoms. The fourth-order valence-corrected chi connectivity index (χ4v) is 2.93. The first-order valence-corrected chi connectivity index (χ1v) is 9.43. The van der Waals surface area contributed by atoms with Crippen LogP contribution in [0.15, 0.2) is 42.5 Å². The predicted octanol–water partition coefficient (Wildman–Crippen LogP) is 3.27. The molecule has 3 N–H and O–H groups in total. The van der Waals surface area contributed by atoms with Crippen molar-refractivity contribution >= 4 is 5.91 Å². The van der Waals surface area contributed by atoms with E-state index in [1.54, 1.807) is 14.2 Å². The van der Waals surface area contributed by atoms with Gasteiger partial charge in [-0.1, -0.05) is 38.5 Å². The number of amides is 1. The number of hydrogen-bond donors (Lipinski definition) is 2. The van der Waals surface area contributed by atoms with Crippen LogP contribution in [-0.4, -0.2) is 26.2 Å².